The van der Waals surface area contributed by atoms with E-state index in [-0.39, 0.29) is 18.5 Å². The molecule has 2 aromatic rings. The van der Waals surface area contributed by atoms with Crippen molar-refractivity contribution >= 4 is 17.6 Å². The maximum atomic E-state index is 13.1. The maximum Gasteiger partial charge on any atom is 0.317 e. The summed E-state index contributed by atoms with van der Waals surface area (Å²) in [5, 5.41) is 2.92. The fraction of sp³-hybridized carbons (Fsp3) is 0.429. The fourth-order valence-electron chi connectivity index (χ4n) is 4.48. The highest BCUT2D eigenvalue weighted by molar-refractivity contribution is 6.08. The van der Waals surface area contributed by atoms with Gasteiger partial charge in [-0.1, -0.05) is 18.2 Å². The Balaban J connectivity index is 1.51. The minimum Gasteiger partial charge on any atom is -0.331 e. The van der Waals surface area contributed by atoms with Gasteiger partial charge in [-0.05, 0) is 44.4 Å². The normalized spacial score (nSPS) is 21.2. The SMILES string of the molecule is Cc1cc(C)nc(CNC(=O)N2CCC[C@@]3(C2)C(=O)N(C)c2ccccc23)n1. The van der Waals surface area contributed by atoms with Crippen molar-refractivity contribution in [2.75, 3.05) is 25.0 Å². The molecule has 4 rings (SSSR count). The molecule has 1 aromatic carbocycles. The molecule has 1 spiro atoms. The monoisotopic (exact) mass is 379 g/mol. The molecule has 1 aromatic heterocycles. The minimum absolute atomic E-state index is 0.0730. The highest BCUT2D eigenvalue weighted by Gasteiger charge is 2.52. The Bertz CT molecular complexity index is 924. The Morgan fingerprint density at radius 3 is 2.68 bits per heavy atom. The number of likely N-dealkylation sites (N-methyl/N-ethyl adjacent to an activating group) is 1. The molecule has 1 saturated heterocycles. The third kappa shape index (κ3) is 3.00. The molecule has 7 nitrogen and oxygen atoms in total. The number of fused-ring (bicyclic) bond motifs is 2. The van der Waals surface area contributed by atoms with Crippen LogP contribution in [0.15, 0.2) is 30.3 Å². The number of urea groups is 1. The summed E-state index contributed by atoms with van der Waals surface area (Å²) in [4.78, 5) is 38.1. The lowest BCUT2D eigenvalue weighted by Crippen LogP contribution is -2.55. The lowest BCUT2D eigenvalue weighted by molar-refractivity contribution is -0.124. The number of carbonyl (C=O) groups excluding carboxylic acids is 2. The maximum absolute atomic E-state index is 13.1. The third-order valence-corrected chi connectivity index (χ3v) is 5.70. The van der Waals surface area contributed by atoms with Gasteiger partial charge in [-0.2, -0.15) is 0 Å². The summed E-state index contributed by atoms with van der Waals surface area (Å²) in [6.07, 6.45) is 1.55. The predicted octanol–water partition coefficient (Wildman–Crippen LogP) is 2.31. The van der Waals surface area contributed by atoms with Crippen molar-refractivity contribution in [3.05, 3.63) is 53.1 Å². The van der Waals surface area contributed by atoms with Crippen LogP contribution in [0.25, 0.3) is 0 Å². The second-order valence-corrected chi connectivity index (χ2v) is 7.71. The molecule has 2 aliphatic heterocycles. The van der Waals surface area contributed by atoms with Crippen molar-refractivity contribution in [2.24, 2.45) is 0 Å². The molecule has 7 heteroatoms. The van der Waals surface area contributed by atoms with E-state index in [0.717, 1.165) is 35.5 Å². The highest BCUT2D eigenvalue weighted by atomic mass is 16.2. The van der Waals surface area contributed by atoms with E-state index in [2.05, 4.69) is 15.3 Å². The van der Waals surface area contributed by atoms with Crippen molar-refractivity contribution in [3.8, 4) is 0 Å². The van der Waals surface area contributed by atoms with Gasteiger partial charge in [-0.3, -0.25) is 4.79 Å². The zero-order valence-corrected chi connectivity index (χ0v) is 16.5. The first kappa shape index (κ1) is 18.4. The molecule has 1 fully saturated rings. The standard InChI is InChI=1S/C21H25N5O2/c1-14-11-15(2)24-18(23-14)12-22-20(28)26-10-6-9-21(13-26)16-7-4-5-8-17(16)25(3)19(21)27/h4-5,7-8,11H,6,9-10,12-13H2,1-3H3,(H,22,28)/t21-/m0/s1. The van der Waals surface area contributed by atoms with Gasteiger partial charge in [0.25, 0.3) is 0 Å². The topological polar surface area (TPSA) is 78.4 Å². The Labute approximate surface area is 164 Å². The first-order chi connectivity index (χ1) is 13.4. The molecule has 0 aliphatic carbocycles. The molecule has 1 N–H and O–H groups in total. The summed E-state index contributed by atoms with van der Waals surface area (Å²) in [6.45, 7) is 5.13. The van der Waals surface area contributed by atoms with Crippen LogP contribution in [0, 0.1) is 13.8 Å². The van der Waals surface area contributed by atoms with Gasteiger partial charge in [-0.15, -0.1) is 0 Å². The predicted molar refractivity (Wildman–Crippen MR) is 106 cm³/mol. The number of benzene rings is 1. The first-order valence-electron chi connectivity index (χ1n) is 9.62. The Morgan fingerprint density at radius 1 is 1.21 bits per heavy atom. The number of hydrogen-bond donors (Lipinski definition) is 1. The molecule has 28 heavy (non-hydrogen) atoms. The van der Waals surface area contributed by atoms with Gasteiger partial charge in [0.15, 0.2) is 0 Å². The second kappa shape index (κ2) is 6.89. The van der Waals surface area contributed by atoms with E-state index in [1.54, 1.807) is 9.80 Å². The van der Waals surface area contributed by atoms with Crippen LogP contribution in [0.2, 0.25) is 0 Å². The molecule has 2 aliphatic rings. The van der Waals surface area contributed by atoms with E-state index >= 15 is 0 Å². The van der Waals surface area contributed by atoms with E-state index in [9.17, 15) is 9.59 Å². The van der Waals surface area contributed by atoms with Crippen molar-refractivity contribution in [1.82, 2.24) is 20.2 Å². The molecular formula is C21H25N5O2. The van der Waals surface area contributed by atoms with Crippen molar-refractivity contribution < 1.29 is 9.59 Å². The number of para-hydroxylation sites is 1. The summed E-state index contributed by atoms with van der Waals surface area (Å²) < 4.78 is 0. The van der Waals surface area contributed by atoms with E-state index in [0.29, 0.717) is 18.9 Å². The number of anilines is 1. The van der Waals surface area contributed by atoms with Crippen LogP contribution < -0.4 is 10.2 Å². The van der Waals surface area contributed by atoms with Crippen LogP contribution in [0.3, 0.4) is 0 Å². The largest absolute Gasteiger partial charge is 0.331 e. The molecule has 0 unspecified atom stereocenters. The van der Waals surface area contributed by atoms with E-state index in [1.807, 2.05) is 51.2 Å². The van der Waals surface area contributed by atoms with Gasteiger partial charge < -0.3 is 15.1 Å². The Morgan fingerprint density at radius 2 is 1.93 bits per heavy atom. The van der Waals surface area contributed by atoms with Gasteiger partial charge in [-0.25, -0.2) is 14.8 Å². The fourth-order valence-corrected chi connectivity index (χ4v) is 4.48. The average Bonchev–Trinajstić information content (AvgIpc) is 2.88. The number of rotatable bonds is 2. The van der Waals surface area contributed by atoms with Crippen LogP contribution in [0.5, 0.6) is 0 Å². The summed E-state index contributed by atoms with van der Waals surface area (Å²) in [6, 6.07) is 9.61. The number of nitrogens with zero attached hydrogens (tertiary/aromatic N) is 4. The number of carbonyl (C=O) groups is 2. The van der Waals surface area contributed by atoms with Gasteiger partial charge >= 0.3 is 6.03 Å². The molecule has 0 bridgehead atoms. The lowest BCUT2D eigenvalue weighted by atomic mass is 9.75. The zero-order valence-electron chi connectivity index (χ0n) is 16.5. The van der Waals surface area contributed by atoms with Crippen LogP contribution in [0.1, 0.15) is 35.6 Å². The molecular weight excluding hydrogens is 354 g/mol. The van der Waals surface area contributed by atoms with Gasteiger partial charge in [0.05, 0.1) is 12.0 Å². The van der Waals surface area contributed by atoms with Gasteiger partial charge in [0, 0.05) is 37.2 Å². The van der Waals surface area contributed by atoms with Crippen LogP contribution in [-0.4, -0.2) is 46.9 Å². The minimum atomic E-state index is -0.642. The summed E-state index contributed by atoms with van der Waals surface area (Å²) in [5.74, 6) is 0.670. The zero-order chi connectivity index (χ0) is 19.9. The quantitative estimate of drug-likeness (QED) is 0.869. The molecule has 0 radical (unpaired) electrons. The summed E-state index contributed by atoms with van der Waals surface area (Å²) in [7, 11) is 1.81. The summed E-state index contributed by atoms with van der Waals surface area (Å²) >= 11 is 0. The van der Waals surface area contributed by atoms with Gasteiger partial charge in [0.2, 0.25) is 5.91 Å². The van der Waals surface area contributed by atoms with E-state index < -0.39 is 5.41 Å². The Kier molecular flexibility index (Phi) is 4.53. The number of aromatic nitrogens is 2. The van der Waals surface area contributed by atoms with Gasteiger partial charge in [0.1, 0.15) is 5.82 Å². The number of likely N-dealkylation sites (tertiary alicyclic amines) is 1. The molecule has 146 valence electrons. The Hall–Kier alpha value is -2.96. The van der Waals surface area contributed by atoms with Crippen molar-refractivity contribution in [1.29, 1.82) is 0 Å². The van der Waals surface area contributed by atoms with Crippen molar-refractivity contribution in [2.45, 2.75) is 38.6 Å². The summed E-state index contributed by atoms with van der Waals surface area (Å²) in [5.41, 5.74) is 3.09. The number of hydrogen-bond acceptors (Lipinski definition) is 4. The van der Waals surface area contributed by atoms with Crippen LogP contribution in [0.4, 0.5) is 10.5 Å². The highest BCUT2D eigenvalue weighted by Crippen LogP contribution is 2.46. The smallest absolute Gasteiger partial charge is 0.317 e. The average molecular weight is 379 g/mol. The van der Waals surface area contributed by atoms with Crippen molar-refractivity contribution in [3.63, 3.8) is 0 Å². The first-order valence-corrected chi connectivity index (χ1v) is 9.62. The van der Waals surface area contributed by atoms with E-state index in [1.165, 1.54) is 0 Å². The number of amides is 3. The molecule has 1 atom stereocenters. The van der Waals surface area contributed by atoms with E-state index in [4.69, 9.17) is 0 Å². The number of nitrogens with one attached hydrogen (secondary N) is 1. The lowest BCUT2D eigenvalue weighted by Gasteiger charge is -2.39. The molecule has 3 heterocycles. The van der Waals surface area contributed by atoms with Crippen LogP contribution in [-0.2, 0) is 16.8 Å². The third-order valence-electron chi connectivity index (χ3n) is 5.70. The number of aryl methyl sites for hydroxylation is 2. The van der Waals surface area contributed by atoms with Crippen LogP contribution >= 0.6 is 0 Å². The number of piperidine rings is 1. The molecule has 3 amide bonds. The second-order valence-electron chi connectivity index (χ2n) is 7.71. The molecule has 0 saturated carbocycles.